The smallest absolute Gasteiger partial charge is 0.271 e. The average Bonchev–Trinajstić information content (AvgIpc) is 2.42. The predicted molar refractivity (Wildman–Crippen MR) is 97.6 cm³/mol. The molecule has 1 amide bonds. The molecule has 11 heteroatoms. The first-order valence-corrected chi connectivity index (χ1v) is 9.05. The van der Waals surface area contributed by atoms with E-state index in [-0.39, 0.29) is 43.3 Å². The lowest BCUT2D eigenvalue weighted by Gasteiger charge is -2.34. The van der Waals surface area contributed by atoms with Crippen molar-refractivity contribution in [1.29, 1.82) is 0 Å². The Bertz CT molecular complexity index is 717. The van der Waals surface area contributed by atoms with E-state index in [0.29, 0.717) is 17.6 Å². The lowest BCUT2D eigenvalue weighted by molar-refractivity contribution is -0.119. The first-order valence-electron chi connectivity index (χ1n) is 6.36. The second kappa shape index (κ2) is 8.48. The highest BCUT2D eigenvalue weighted by Gasteiger charge is 2.48. The van der Waals surface area contributed by atoms with Crippen LogP contribution in [0.2, 0.25) is 0 Å². The van der Waals surface area contributed by atoms with E-state index < -0.39 is 26.1 Å². The summed E-state index contributed by atoms with van der Waals surface area (Å²) in [5, 5.41) is 5.48. The fourth-order valence-electron chi connectivity index (χ4n) is 2.38. The van der Waals surface area contributed by atoms with Crippen molar-refractivity contribution in [3.8, 4) is 0 Å². The van der Waals surface area contributed by atoms with Crippen LogP contribution in [0.25, 0.3) is 0 Å². The molecule has 1 fully saturated rings. The third-order valence-corrected chi connectivity index (χ3v) is 6.12. The van der Waals surface area contributed by atoms with Crippen molar-refractivity contribution in [2.24, 2.45) is 0 Å². The summed E-state index contributed by atoms with van der Waals surface area (Å²) < 4.78 is 23.3. The van der Waals surface area contributed by atoms with Crippen molar-refractivity contribution in [3.63, 3.8) is 0 Å². The molecule has 0 saturated carbocycles. The van der Waals surface area contributed by atoms with Crippen molar-refractivity contribution in [1.82, 2.24) is 10.3 Å². The van der Waals surface area contributed by atoms with E-state index in [4.69, 9.17) is 0 Å². The zero-order valence-electron chi connectivity index (χ0n) is 12.2. The molecular weight excluding hydrogens is 433 g/mol. The Kier molecular flexibility index (Phi) is 8.25. The summed E-state index contributed by atoms with van der Waals surface area (Å²) in [5.74, 6) is -0.657. The van der Waals surface area contributed by atoms with Crippen LogP contribution >= 0.6 is 40.7 Å². The summed E-state index contributed by atoms with van der Waals surface area (Å²) in [6.45, 7) is 0.880. The Morgan fingerprint density at radius 2 is 1.87 bits per heavy atom. The molecule has 2 heterocycles. The Balaban J connectivity index is 0.00000242. The van der Waals surface area contributed by atoms with Gasteiger partial charge in [0.05, 0.1) is 0 Å². The largest absolute Gasteiger partial charge is 0.326 e. The Morgan fingerprint density at radius 1 is 1.30 bits per heavy atom. The number of rotatable bonds is 3. The first kappa shape index (κ1) is 22.4. The third kappa shape index (κ3) is 4.69. The van der Waals surface area contributed by atoms with E-state index in [1.165, 1.54) is 12.3 Å². The number of aromatic nitrogens is 1. The molecule has 0 aromatic carbocycles. The number of H-pyrrole nitrogens is 1. The van der Waals surface area contributed by atoms with Gasteiger partial charge in [-0.2, -0.15) is 0 Å². The van der Waals surface area contributed by atoms with Crippen LogP contribution in [0.3, 0.4) is 0 Å². The minimum atomic E-state index is -3.61. The SMILES string of the molecule is CS(=O)(=O)C1(C(=O)Nc2cc(Br)c[nH]c2=O)CCNCC1.Cl.Cl. The summed E-state index contributed by atoms with van der Waals surface area (Å²) >= 11 is 3.19. The number of carbonyl (C=O) groups is 1. The Hall–Kier alpha value is -0.610. The fraction of sp³-hybridized carbons (Fsp3) is 0.500. The van der Waals surface area contributed by atoms with Gasteiger partial charge in [0.15, 0.2) is 14.6 Å². The zero-order valence-corrected chi connectivity index (χ0v) is 16.3. The standard InChI is InChI=1S/C12H16BrN3O4S.2ClH/c1-21(19,20)12(2-4-14-5-3-12)11(18)16-9-6-8(13)7-15-10(9)17;;/h6-7,14H,2-5H2,1H3,(H,15,17)(H,16,18);2*1H. The summed E-state index contributed by atoms with van der Waals surface area (Å²) in [6.07, 6.45) is 2.87. The van der Waals surface area contributed by atoms with Crippen LogP contribution in [0.15, 0.2) is 21.5 Å². The van der Waals surface area contributed by atoms with Gasteiger partial charge in [-0.3, -0.25) is 9.59 Å². The molecule has 3 N–H and O–H groups in total. The van der Waals surface area contributed by atoms with Crippen LogP contribution in [-0.2, 0) is 14.6 Å². The highest BCUT2D eigenvalue weighted by Crippen LogP contribution is 2.29. The molecule has 132 valence electrons. The van der Waals surface area contributed by atoms with Crippen LogP contribution in [0.5, 0.6) is 0 Å². The molecule has 1 saturated heterocycles. The summed E-state index contributed by atoms with van der Waals surface area (Å²) in [6, 6.07) is 1.44. The molecule has 2 rings (SSSR count). The number of amides is 1. The molecule has 0 atom stereocenters. The predicted octanol–water partition coefficient (Wildman–Crippen LogP) is 1.09. The van der Waals surface area contributed by atoms with E-state index in [2.05, 4.69) is 31.5 Å². The van der Waals surface area contributed by atoms with Crippen molar-refractivity contribution in [3.05, 3.63) is 27.1 Å². The summed E-state index contributed by atoms with van der Waals surface area (Å²) in [4.78, 5) is 26.7. The van der Waals surface area contributed by atoms with Gasteiger partial charge >= 0.3 is 0 Å². The van der Waals surface area contributed by atoms with E-state index >= 15 is 0 Å². The molecule has 0 aliphatic carbocycles. The van der Waals surface area contributed by atoms with Crippen molar-refractivity contribution in [2.45, 2.75) is 17.6 Å². The van der Waals surface area contributed by atoms with Crippen molar-refractivity contribution < 1.29 is 13.2 Å². The van der Waals surface area contributed by atoms with E-state index in [0.717, 1.165) is 6.26 Å². The second-order valence-electron chi connectivity index (χ2n) is 5.03. The minimum Gasteiger partial charge on any atom is -0.326 e. The Morgan fingerprint density at radius 3 is 2.39 bits per heavy atom. The molecule has 0 radical (unpaired) electrons. The van der Waals surface area contributed by atoms with Crippen LogP contribution < -0.4 is 16.2 Å². The molecular formula is C12H18BrCl2N3O4S. The number of nitrogens with one attached hydrogen (secondary N) is 3. The highest BCUT2D eigenvalue weighted by molar-refractivity contribution is 9.10. The van der Waals surface area contributed by atoms with Crippen LogP contribution in [0.4, 0.5) is 5.69 Å². The van der Waals surface area contributed by atoms with Gasteiger partial charge in [-0.15, -0.1) is 24.8 Å². The van der Waals surface area contributed by atoms with E-state index in [1.54, 1.807) is 0 Å². The van der Waals surface area contributed by atoms with Gasteiger partial charge in [0.1, 0.15) is 5.69 Å². The maximum Gasteiger partial charge on any atom is 0.271 e. The van der Waals surface area contributed by atoms with Gasteiger partial charge < -0.3 is 15.6 Å². The number of pyridine rings is 1. The quantitative estimate of drug-likeness (QED) is 0.638. The van der Waals surface area contributed by atoms with Crippen LogP contribution in [0.1, 0.15) is 12.8 Å². The third-order valence-electron chi connectivity index (χ3n) is 3.65. The van der Waals surface area contributed by atoms with Crippen molar-refractivity contribution >= 4 is 62.2 Å². The molecule has 1 aromatic rings. The minimum absolute atomic E-state index is 0. The molecule has 0 spiro atoms. The molecule has 23 heavy (non-hydrogen) atoms. The Labute approximate surface area is 154 Å². The summed E-state index contributed by atoms with van der Waals surface area (Å²) in [5.41, 5.74) is -0.458. The number of halogens is 3. The van der Waals surface area contributed by atoms with Crippen LogP contribution in [0, 0.1) is 0 Å². The van der Waals surface area contributed by atoms with E-state index in [1.807, 2.05) is 0 Å². The number of piperidine rings is 1. The number of hydrogen-bond acceptors (Lipinski definition) is 5. The van der Waals surface area contributed by atoms with Gasteiger partial charge in [0.2, 0.25) is 5.91 Å². The van der Waals surface area contributed by atoms with Gasteiger partial charge in [0.25, 0.3) is 5.56 Å². The molecule has 1 aliphatic heterocycles. The monoisotopic (exact) mass is 449 g/mol. The zero-order chi connectivity index (χ0) is 15.7. The number of anilines is 1. The van der Waals surface area contributed by atoms with Gasteiger partial charge in [-0.05, 0) is 47.9 Å². The normalized spacial score (nSPS) is 16.6. The second-order valence-corrected chi connectivity index (χ2v) is 8.27. The van der Waals surface area contributed by atoms with Crippen molar-refractivity contribution in [2.75, 3.05) is 24.7 Å². The molecule has 0 unspecified atom stereocenters. The van der Waals surface area contributed by atoms with Gasteiger partial charge in [0, 0.05) is 16.9 Å². The maximum atomic E-state index is 12.5. The number of carbonyl (C=O) groups excluding carboxylic acids is 1. The molecule has 1 aliphatic rings. The highest BCUT2D eigenvalue weighted by atomic mass is 79.9. The number of aromatic amines is 1. The number of hydrogen-bond donors (Lipinski definition) is 3. The number of sulfone groups is 1. The van der Waals surface area contributed by atoms with Crippen LogP contribution in [-0.4, -0.2) is 43.4 Å². The molecule has 0 bridgehead atoms. The van der Waals surface area contributed by atoms with Gasteiger partial charge in [-0.1, -0.05) is 0 Å². The lowest BCUT2D eigenvalue weighted by Crippen LogP contribution is -2.55. The summed E-state index contributed by atoms with van der Waals surface area (Å²) in [7, 11) is -3.61. The topological polar surface area (TPSA) is 108 Å². The fourth-order valence-corrected chi connectivity index (χ4v) is 4.06. The molecule has 1 aromatic heterocycles. The average molecular weight is 451 g/mol. The van der Waals surface area contributed by atoms with Gasteiger partial charge in [-0.25, -0.2) is 8.42 Å². The molecule has 7 nitrogen and oxygen atoms in total. The first-order chi connectivity index (χ1) is 9.76. The van der Waals surface area contributed by atoms with E-state index in [9.17, 15) is 18.0 Å². The lowest BCUT2D eigenvalue weighted by atomic mass is 9.96. The maximum absolute atomic E-state index is 12.5.